The van der Waals surface area contributed by atoms with E-state index in [0.29, 0.717) is 65.8 Å². The van der Waals surface area contributed by atoms with Crippen LogP contribution in [0.1, 0.15) is 95.9 Å². The predicted molar refractivity (Wildman–Crippen MR) is 231 cm³/mol. The molecule has 2 aliphatic heterocycles. The van der Waals surface area contributed by atoms with Crippen LogP contribution in [-0.2, 0) is 18.9 Å². The summed E-state index contributed by atoms with van der Waals surface area (Å²) < 4.78 is 24.3. The van der Waals surface area contributed by atoms with Crippen LogP contribution >= 0.6 is 11.6 Å². The van der Waals surface area contributed by atoms with E-state index in [2.05, 4.69) is 46.3 Å². The van der Waals surface area contributed by atoms with Crippen molar-refractivity contribution < 1.29 is 38.1 Å². The summed E-state index contributed by atoms with van der Waals surface area (Å²) in [4.78, 5) is 61.9. The molecule has 61 heavy (non-hydrogen) atoms. The zero-order valence-electron chi connectivity index (χ0n) is 37.0. The molecular weight excluding hydrogens is 812 g/mol. The fourth-order valence-corrected chi connectivity index (χ4v) is 6.43. The summed E-state index contributed by atoms with van der Waals surface area (Å²) in [5.41, 5.74) is -1.35. The number of halogens is 1. The van der Waals surface area contributed by atoms with Crippen LogP contribution in [0.3, 0.4) is 0 Å². The van der Waals surface area contributed by atoms with Crippen molar-refractivity contribution >= 4 is 70.5 Å². The highest BCUT2D eigenvalue weighted by Crippen LogP contribution is 2.28. The van der Waals surface area contributed by atoms with E-state index < -0.39 is 46.8 Å². The fraction of sp³-hybridized carbons (Fsp3) is 0.600. The number of carbonyl (C=O) groups excluding carboxylic acids is 4. The van der Waals surface area contributed by atoms with Crippen LogP contribution in [0.2, 0.25) is 5.02 Å². The van der Waals surface area contributed by atoms with Crippen LogP contribution < -0.4 is 31.1 Å². The van der Waals surface area contributed by atoms with Gasteiger partial charge in [-0.15, -0.1) is 0 Å². The van der Waals surface area contributed by atoms with Crippen molar-refractivity contribution in [2.24, 2.45) is 0 Å². The third-order valence-electron chi connectivity index (χ3n) is 8.49. The largest absolute Gasteiger partial charge is 0.444 e. The molecule has 0 unspecified atom stereocenters. The van der Waals surface area contributed by atoms with Gasteiger partial charge in [-0.05, 0) is 95.9 Å². The van der Waals surface area contributed by atoms with Gasteiger partial charge in [-0.1, -0.05) is 11.6 Å². The van der Waals surface area contributed by atoms with E-state index in [1.165, 1.54) is 10.7 Å². The first-order valence-corrected chi connectivity index (χ1v) is 20.5. The van der Waals surface area contributed by atoms with Crippen LogP contribution in [0.25, 0.3) is 11.3 Å². The smallest absolute Gasteiger partial charge is 0.413 e. The Bertz CT molecular complexity index is 2220. The number of rotatable bonds is 6. The molecule has 4 aromatic heterocycles. The van der Waals surface area contributed by atoms with Crippen LogP contribution in [0.5, 0.6) is 0 Å². The van der Waals surface area contributed by atoms with E-state index in [9.17, 15) is 19.2 Å². The van der Waals surface area contributed by atoms with Crippen molar-refractivity contribution in [3.05, 3.63) is 35.6 Å². The summed E-state index contributed by atoms with van der Waals surface area (Å²) >= 11 is 6.24. The fourth-order valence-electron chi connectivity index (χ4n) is 6.26. The molecule has 0 aliphatic carbocycles. The lowest BCUT2D eigenvalue weighted by Crippen LogP contribution is -2.40. The Morgan fingerprint density at radius 3 is 1.51 bits per heavy atom. The highest BCUT2D eigenvalue weighted by molar-refractivity contribution is 6.33. The van der Waals surface area contributed by atoms with Crippen molar-refractivity contribution in [1.29, 1.82) is 0 Å². The van der Waals surface area contributed by atoms with Gasteiger partial charge in [0.05, 0.1) is 24.5 Å². The first-order valence-electron chi connectivity index (χ1n) is 20.1. The van der Waals surface area contributed by atoms with Gasteiger partial charge >= 0.3 is 24.4 Å². The number of amides is 4. The van der Waals surface area contributed by atoms with E-state index in [0.717, 1.165) is 12.8 Å². The molecule has 6 heterocycles. The molecule has 4 aromatic rings. The molecule has 0 saturated carbocycles. The van der Waals surface area contributed by atoms with Crippen molar-refractivity contribution in [2.45, 2.75) is 130 Å². The molecular formula is C40H59ClN12O8. The van der Waals surface area contributed by atoms with Gasteiger partial charge in [-0.25, -0.2) is 29.1 Å². The lowest BCUT2D eigenvalue weighted by Gasteiger charge is -2.23. The van der Waals surface area contributed by atoms with E-state index >= 15 is 0 Å². The highest BCUT2D eigenvalue weighted by Gasteiger charge is 2.30. The second-order valence-corrected chi connectivity index (χ2v) is 19.1. The Labute approximate surface area is 360 Å². The Balaban J connectivity index is 0.000000231. The van der Waals surface area contributed by atoms with E-state index in [-0.39, 0.29) is 12.1 Å². The Morgan fingerprint density at radius 1 is 0.623 bits per heavy atom. The third kappa shape index (κ3) is 13.9. The van der Waals surface area contributed by atoms with Gasteiger partial charge < -0.3 is 39.4 Å². The molecule has 0 radical (unpaired) electrons. The summed E-state index contributed by atoms with van der Waals surface area (Å²) in [6.07, 6.45) is 2.52. The minimum Gasteiger partial charge on any atom is -0.444 e. The number of carbonyl (C=O) groups is 4. The Hall–Kier alpha value is -5.79. The minimum absolute atomic E-state index is 0.0509. The summed E-state index contributed by atoms with van der Waals surface area (Å²) in [7, 11) is 0. The summed E-state index contributed by atoms with van der Waals surface area (Å²) in [6.45, 7) is 24.2. The molecule has 4 amide bonds. The monoisotopic (exact) mass is 870 g/mol. The molecule has 0 spiro atoms. The highest BCUT2D eigenvalue weighted by atomic mass is 35.5. The number of hydrogen-bond donors (Lipinski definition) is 4. The first-order chi connectivity index (χ1) is 28.2. The molecule has 4 N–H and O–H groups in total. The lowest BCUT2D eigenvalue weighted by atomic mass is 10.2. The molecule has 2 fully saturated rings. The molecule has 2 atom stereocenters. The Morgan fingerprint density at radius 2 is 1.05 bits per heavy atom. The first kappa shape index (κ1) is 46.3. The van der Waals surface area contributed by atoms with E-state index in [1.807, 2.05) is 46.4 Å². The number of aromatic nitrogens is 6. The summed E-state index contributed by atoms with van der Waals surface area (Å²) in [5, 5.41) is 20.0. The second kappa shape index (κ2) is 18.1. The maximum Gasteiger partial charge on any atom is 0.413 e. The van der Waals surface area contributed by atoms with Gasteiger partial charge in [0.2, 0.25) is 0 Å². The van der Waals surface area contributed by atoms with Gasteiger partial charge in [0.25, 0.3) is 0 Å². The lowest BCUT2D eigenvalue weighted by molar-refractivity contribution is 0.0497. The molecule has 0 bridgehead atoms. The number of ether oxygens (including phenoxy) is 4. The van der Waals surface area contributed by atoms with E-state index in [1.54, 1.807) is 70.5 Å². The average molecular weight is 871 g/mol. The Kier molecular flexibility index (Phi) is 13.7. The number of anilines is 4. The summed E-state index contributed by atoms with van der Waals surface area (Å²) in [6, 6.07) is 5.08. The van der Waals surface area contributed by atoms with Crippen LogP contribution in [-0.4, -0.2) is 114 Å². The van der Waals surface area contributed by atoms with Gasteiger partial charge in [0.15, 0.2) is 11.3 Å². The SMILES string of the molecule is CC(C)(C)OC(=O)Nc1cc(N2CC[C@H](NC(=O)OC(C)(C)C)C2)nc2c(Cl)cnn12.CC(C)(C)OC(=O)Nc1cc(N2CC[C@H](NC(=O)OC(C)(C)C)C2)nc2ccnn12. The number of nitrogens with one attached hydrogen (secondary N) is 4. The maximum absolute atomic E-state index is 12.3. The molecule has 2 aliphatic rings. The van der Waals surface area contributed by atoms with Crippen molar-refractivity contribution in [2.75, 3.05) is 46.6 Å². The maximum atomic E-state index is 12.3. The quantitative estimate of drug-likeness (QED) is 0.143. The standard InChI is InChI=1S/C20H29ClN6O4.C20H30N6O4/c1-19(2,3)30-17(28)23-12-7-8-26(11-12)14-9-15(25-18(29)31-20(4,5)6)27-16(24-14)13(21)10-22-27;1-19(2,3)29-17(27)22-13-8-10-25(12-13)15-11-16(24-18(28)30-20(4,5)6)26-14(23-15)7-9-21-26/h9-10,12H,7-8,11H2,1-6H3,(H,23,28)(H,25,29);7,9,11,13H,8,10,12H2,1-6H3,(H,22,27)(H,24,28)/t12-;13-/m00/s1. The van der Waals surface area contributed by atoms with Crippen LogP contribution in [0.4, 0.5) is 42.4 Å². The van der Waals surface area contributed by atoms with Gasteiger partial charge in [0.1, 0.15) is 50.7 Å². The third-order valence-corrected chi connectivity index (χ3v) is 8.75. The molecule has 2 saturated heterocycles. The number of hydrogen-bond acceptors (Lipinski definition) is 14. The van der Waals surface area contributed by atoms with Gasteiger partial charge in [-0.3, -0.25) is 10.6 Å². The minimum atomic E-state index is -0.643. The number of alkyl carbamates (subject to hydrolysis) is 2. The molecule has 0 aromatic carbocycles. The van der Waals surface area contributed by atoms with E-state index in [4.69, 9.17) is 30.5 Å². The molecule has 6 rings (SSSR count). The topological polar surface area (TPSA) is 220 Å². The number of fused-ring (bicyclic) bond motifs is 2. The van der Waals surface area contributed by atoms with Crippen LogP contribution in [0.15, 0.2) is 30.6 Å². The zero-order valence-corrected chi connectivity index (χ0v) is 37.8. The van der Waals surface area contributed by atoms with Crippen molar-refractivity contribution in [3.8, 4) is 0 Å². The number of nitrogens with zero attached hydrogens (tertiary/aromatic N) is 8. The molecule has 21 heteroatoms. The molecule has 334 valence electrons. The van der Waals surface area contributed by atoms with Crippen molar-refractivity contribution in [3.63, 3.8) is 0 Å². The zero-order chi connectivity index (χ0) is 45.1. The summed E-state index contributed by atoms with van der Waals surface area (Å²) in [5.74, 6) is 2.12. The second-order valence-electron chi connectivity index (χ2n) is 18.7. The van der Waals surface area contributed by atoms with Gasteiger partial charge in [0, 0.05) is 44.4 Å². The van der Waals surface area contributed by atoms with Crippen molar-refractivity contribution in [1.82, 2.24) is 39.8 Å². The average Bonchev–Trinajstić information content (AvgIpc) is 3.90. The van der Waals surface area contributed by atoms with Gasteiger partial charge in [-0.2, -0.15) is 19.2 Å². The molecule has 20 nitrogen and oxygen atoms in total. The van der Waals surface area contributed by atoms with Crippen LogP contribution in [0, 0.1) is 0 Å². The normalized spacial score (nSPS) is 17.1. The predicted octanol–water partition coefficient (Wildman–Crippen LogP) is 7.01.